The predicted octanol–water partition coefficient (Wildman–Crippen LogP) is 2.79. The Hall–Kier alpha value is -2.62. The Morgan fingerprint density at radius 1 is 1.12 bits per heavy atom. The fraction of sp³-hybridized carbons (Fsp3) is 0.250. The maximum Gasteiger partial charge on any atom is 0.251 e. The van der Waals surface area contributed by atoms with E-state index < -0.39 is 10.0 Å². The number of nitrogens with one attached hydrogen (secondary N) is 2. The van der Waals surface area contributed by atoms with Gasteiger partial charge in [0.1, 0.15) is 0 Å². The van der Waals surface area contributed by atoms with Gasteiger partial charge in [-0.3, -0.25) is 4.79 Å². The first-order valence-corrected chi connectivity index (χ1v) is 9.76. The zero-order valence-electron chi connectivity index (χ0n) is 14.8. The smallest absolute Gasteiger partial charge is 0.251 e. The molecule has 0 heterocycles. The first kappa shape index (κ1) is 19.7. The van der Waals surface area contributed by atoms with Crippen LogP contribution in [0.15, 0.2) is 53.4 Å². The van der Waals surface area contributed by atoms with Crippen molar-refractivity contribution in [2.45, 2.75) is 31.2 Å². The Bertz CT molecular complexity index is 896. The first-order chi connectivity index (χ1) is 12.4. The summed E-state index contributed by atoms with van der Waals surface area (Å²) in [6.45, 7) is 3.92. The summed E-state index contributed by atoms with van der Waals surface area (Å²) in [6, 6.07) is 13.7. The third kappa shape index (κ3) is 4.94. The van der Waals surface area contributed by atoms with Gasteiger partial charge >= 0.3 is 0 Å². The normalized spacial score (nSPS) is 12.2. The molecule has 0 bridgehead atoms. The lowest BCUT2D eigenvalue weighted by Crippen LogP contribution is -2.28. The van der Waals surface area contributed by atoms with E-state index in [1.807, 2.05) is 38.1 Å². The summed E-state index contributed by atoms with van der Waals surface area (Å²) in [4.78, 5) is 12.5. The number of benzene rings is 2. The molecule has 0 radical (unpaired) electrons. The molecule has 1 atom stereocenters. The number of amides is 1. The van der Waals surface area contributed by atoms with Crippen LogP contribution in [0.2, 0.25) is 0 Å². The van der Waals surface area contributed by atoms with Crippen LogP contribution in [0.25, 0.3) is 0 Å². The molecule has 26 heavy (non-hydrogen) atoms. The maximum atomic E-state index is 12.5. The van der Waals surface area contributed by atoms with Crippen LogP contribution in [0, 0.1) is 19.3 Å². The molecule has 2 N–H and O–H groups in total. The summed E-state index contributed by atoms with van der Waals surface area (Å²) in [6.07, 6.45) is 5.81. The molecule has 0 unspecified atom stereocenters. The van der Waals surface area contributed by atoms with Crippen molar-refractivity contribution in [1.29, 1.82) is 0 Å². The highest BCUT2D eigenvalue weighted by Crippen LogP contribution is 2.18. The second-order valence-electron chi connectivity index (χ2n) is 5.90. The number of sulfonamides is 1. The summed E-state index contributed by atoms with van der Waals surface area (Å²) in [7, 11) is -3.66. The molecule has 0 aliphatic carbocycles. The third-order valence-electron chi connectivity index (χ3n) is 3.98. The molecular formula is C20H22N2O3S. The Morgan fingerprint density at radius 3 is 2.27 bits per heavy atom. The standard InChI is InChI=1S/C20H22N2O3S/c1-4-14-21-26(24,25)18-12-10-17(11-13-18)20(23)22-19(5-2)16-8-6-15(3)7-9-16/h1,6-13,19,21H,5,14H2,2-3H3,(H,22,23)/t19-/m0/s1. The number of hydrogen-bond donors (Lipinski definition) is 2. The number of terminal acetylenes is 1. The van der Waals surface area contributed by atoms with Crippen molar-refractivity contribution < 1.29 is 13.2 Å². The van der Waals surface area contributed by atoms with Crippen LogP contribution in [0.1, 0.15) is 40.9 Å². The topological polar surface area (TPSA) is 75.3 Å². The third-order valence-corrected chi connectivity index (χ3v) is 5.40. The van der Waals surface area contributed by atoms with Crippen LogP contribution < -0.4 is 10.0 Å². The van der Waals surface area contributed by atoms with Crippen molar-refractivity contribution in [2.24, 2.45) is 0 Å². The lowest BCUT2D eigenvalue weighted by molar-refractivity contribution is 0.0935. The summed E-state index contributed by atoms with van der Waals surface area (Å²) < 4.78 is 26.3. The molecular weight excluding hydrogens is 348 g/mol. The highest BCUT2D eigenvalue weighted by molar-refractivity contribution is 7.89. The average Bonchev–Trinajstić information content (AvgIpc) is 2.65. The van der Waals surface area contributed by atoms with E-state index in [-0.39, 0.29) is 23.4 Å². The van der Waals surface area contributed by atoms with Gasteiger partial charge in [-0.1, -0.05) is 42.7 Å². The van der Waals surface area contributed by atoms with Crippen molar-refractivity contribution in [3.63, 3.8) is 0 Å². The molecule has 2 rings (SSSR count). The molecule has 2 aromatic rings. The molecule has 0 aliphatic rings. The number of rotatable bonds is 7. The summed E-state index contributed by atoms with van der Waals surface area (Å²) >= 11 is 0. The fourth-order valence-corrected chi connectivity index (χ4v) is 3.40. The maximum absolute atomic E-state index is 12.5. The number of hydrogen-bond acceptors (Lipinski definition) is 3. The van der Waals surface area contributed by atoms with E-state index >= 15 is 0 Å². The molecule has 0 fully saturated rings. The zero-order valence-corrected chi connectivity index (χ0v) is 15.6. The first-order valence-electron chi connectivity index (χ1n) is 8.28. The fourth-order valence-electron chi connectivity index (χ4n) is 2.47. The molecule has 0 saturated heterocycles. The van der Waals surface area contributed by atoms with Crippen LogP contribution in [0.5, 0.6) is 0 Å². The molecule has 0 spiro atoms. The van der Waals surface area contributed by atoms with Gasteiger partial charge in [0.05, 0.1) is 17.5 Å². The van der Waals surface area contributed by atoms with Gasteiger partial charge in [0.2, 0.25) is 10.0 Å². The summed E-state index contributed by atoms with van der Waals surface area (Å²) in [5.41, 5.74) is 2.58. The monoisotopic (exact) mass is 370 g/mol. The molecule has 1 amide bonds. The van der Waals surface area contributed by atoms with Gasteiger partial charge in [0, 0.05) is 5.56 Å². The molecule has 136 valence electrons. The molecule has 0 saturated carbocycles. The minimum absolute atomic E-state index is 0.0647. The molecule has 2 aromatic carbocycles. The van der Waals surface area contributed by atoms with E-state index in [4.69, 9.17) is 6.42 Å². The van der Waals surface area contributed by atoms with E-state index in [0.29, 0.717) is 5.56 Å². The van der Waals surface area contributed by atoms with E-state index in [1.165, 1.54) is 24.3 Å². The van der Waals surface area contributed by atoms with Crippen molar-refractivity contribution in [2.75, 3.05) is 6.54 Å². The molecule has 6 heteroatoms. The van der Waals surface area contributed by atoms with Crippen molar-refractivity contribution in [3.05, 3.63) is 65.2 Å². The number of carbonyl (C=O) groups excluding carboxylic acids is 1. The number of carbonyl (C=O) groups is 1. The van der Waals surface area contributed by atoms with Crippen molar-refractivity contribution >= 4 is 15.9 Å². The minimum atomic E-state index is -3.66. The quantitative estimate of drug-likeness (QED) is 0.736. The van der Waals surface area contributed by atoms with Crippen LogP contribution in [0.4, 0.5) is 0 Å². The summed E-state index contributed by atoms with van der Waals surface area (Å²) in [5.74, 6) is 1.96. The van der Waals surface area contributed by atoms with Crippen molar-refractivity contribution in [1.82, 2.24) is 10.0 Å². The van der Waals surface area contributed by atoms with E-state index in [1.54, 1.807) is 0 Å². The minimum Gasteiger partial charge on any atom is -0.345 e. The predicted molar refractivity (Wildman–Crippen MR) is 102 cm³/mol. The Kier molecular flexibility index (Phi) is 6.56. The second kappa shape index (κ2) is 8.65. The molecule has 0 aromatic heterocycles. The van der Waals surface area contributed by atoms with Gasteiger partial charge in [-0.05, 0) is 43.2 Å². The van der Waals surface area contributed by atoms with Gasteiger partial charge in [-0.25, -0.2) is 8.42 Å². The second-order valence-corrected chi connectivity index (χ2v) is 7.66. The lowest BCUT2D eigenvalue weighted by Gasteiger charge is -2.18. The largest absolute Gasteiger partial charge is 0.345 e. The van der Waals surface area contributed by atoms with Gasteiger partial charge in [0.15, 0.2) is 0 Å². The lowest BCUT2D eigenvalue weighted by atomic mass is 10.0. The van der Waals surface area contributed by atoms with Crippen LogP contribution in [-0.2, 0) is 10.0 Å². The van der Waals surface area contributed by atoms with Gasteiger partial charge in [-0.2, -0.15) is 4.72 Å². The molecule has 5 nitrogen and oxygen atoms in total. The highest BCUT2D eigenvalue weighted by atomic mass is 32.2. The average molecular weight is 370 g/mol. The van der Waals surface area contributed by atoms with Crippen LogP contribution >= 0.6 is 0 Å². The van der Waals surface area contributed by atoms with Gasteiger partial charge < -0.3 is 5.32 Å². The van der Waals surface area contributed by atoms with E-state index in [2.05, 4.69) is 16.0 Å². The molecule has 0 aliphatic heterocycles. The number of aryl methyl sites for hydroxylation is 1. The van der Waals surface area contributed by atoms with E-state index in [0.717, 1.165) is 17.5 Å². The van der Waals surface area contributed by atoms with Crippen LogP contribution in [-0.4, -0.2) is 20.9 Å². The highest BCUT2D eigenvalue weighted by Gasteiger charge is 2.16. The SMILES string of the molecule is C#CCNS(=O)(=O)c1ccc(C(=O)N[C@@H](CC)c2ccc(C)cc2)cc1. The zero-order chi connectivity index (χ0) is 19.2. The summed E-state index contributed by atoms with van der Waals surface area (Å²) in [5, 5.41) is 2.98. The van der Waals surface area contributed by atoms with Crippen molar-refractivity contribution in [3.8, 4) is 12.3 Å². The Balaban J connectivity index is 2.12. The Labute approximate surface area is 154 Å². The van der Waals surface area contributed by atoms with Gasteiger partial charge in [0.25, 0.3) is 5.91 Å². The van der Waals surface area contributed by atoms with Gasteiger partial charge in [-0.15, -0.1) is 6.42 Å². The van der Waals surface area contributed by atoms with Crippen LogP contribution in [0.3, 0.4) is 0 Å². The van der Waals surface area contributed by atoms with E-state index in [9.17, 15) is 13.2 Å². The Morgan fingerprint density at radius 2 is 1.73 bits per heavy atom.